The number of rotatable bonds is 2. The van der Waals surface area contributed by atoms with Gasteiger partial charge in [-0.15, -0.1) is 0 Å². The Bertz CT molecular complexity index is 598. The van der Waals surface area contributed by atoms with Crippen LogP contribution in [0.5, 0.6) is 0 Å². The maximum Gasteiger partial charge on any atom is 0.0490 e. The molecule has 1 nitrogen and oxygen atoms in total. The lowest BCUT2D eigenvalue weighted by Gasteiger charge is -2.30. The van der Waals surface area contributed by atoms with E-state index in [2.05, 4.69) is 60.9 Å². The summed E-state index contributed by atoms with van der Waals surface area (Å²) in [7, 11) is 0. The second-order valence-corrected chi connectivity index (χ2v) is 4.67. The molecule has 0 aromatic heterocycles. The zero-order chi connectivity index (χ0) is 12.5. The van der Waals surface area contributed by atoms with Crippen LogP contribution in [-0.4, -0.2) is 0 Å². The second kappa shape index (κ2) is 4.34. The summed E-state index contributed by atoms with van der Waals surface area (Å²) in [6, 6.07) is 15.3. The monoisotopic (exact) mass is 235 g/mol. The van der Waals surface area contributed by atoms with Crippen molar-refractivity contribution in [2.75, 3.05) is 4.90 Å². The molecule has 0 fully saturated rings. The zero-order valence-corrected chi connectivity index (χ0v) is 10.7. The van der Waals surface area contributed by atoms with Gasteiger partial charge in [0.05, 0.1) is 0 Å². The quantitative estimate of drug-likeness (QED) is 0.744. The number of benzene rings is 2. The lowest BCUT2D eigenvalue weighted by molar-refractivity contribution is 1.06. The summed E-state index contributed by atoms with van der Waals surface area (Å²) >= 11 is 0. The largest absolute Gasteiger partial charge is 0.317 e. The van der Waals surface area contributed by atoms with Gasteiger partial charge >= 0.3 is 0 Å². The molecule has 90 valence electrons. The molecule has 0 amide bonds. The van der Waals surface area contributed by atoms with E-state index >= 15 is 0 Å². The van der Waals surface area contributed by atoms with Gasteiger partial charge in [-0.05, 0) is 35.2 Å². The van der Waals surface area contributed by atoms with Crippen LogP contribution in [0.25, 0.3) is 0 Å². The third-order valence-electron chi connectivity index (χ3n) is 3.63. The Morgan fingerprint density at radius 2 is 1.89 bits per heavy atom. The van der Waals surface area contributed by atoms with Crippen LogP contribution in [0.1, 0.15) is 23.6 Å². The molecule has 0 radical (unpaired) electrons. The van der Waals surface area contributed by atoms with E-state index in [1.807, 2.05) is 6.20 Å². The minimum Gasteiger partial charge on any atom is -0.317 e. The Hall–Kier alpha value is -2.02. The number of aryl methyl sites for hydroxylation is 1. The van der Waals surface area contributed by atoms with Gasteiger partial charge in [-0.2, -0.15) is 0 Å². The zero-order valence-electron chi connectivity index (χ0n) is 10.7. The first kappa shape index (κ1) is 11.1. The molecule has 0 saturated carbocycles. The van der Waals surface area contributed by atoms with Gasteiger partial charge in [0.15, 0.2) is 0 Å². The predicted octanol–water partition coefficient (Wildman–Crippen LogP) is 4.43. The smallest absolute Gasteiger partial charge is 0.0490 e. The average molecular weight is 235 g/mol. The summed E-state index contributed by atoms with van der Waals surface area (Å²) in [4.78, 5) is 2.19. The van der Waals surface area contributed by atoms with Crippen molar-refractivity contribution in [2.45, 2.75) is 19.8 Å². The number of anilines is 2. The molecule has 0 aliphatic carbocycles. The molecule has 0 N–H and O–H groups in total. The van der Waals surface area contributed by atoms with Crippen molar-refractivity contribution in [2.24, 2.45) is 0 Å². The highest BCUT2D eigenvalue weighted by atomic mass is 15.1. The van der Waals surface area contributed by atoms with Crippen molar-refractivity contribution in [1.29, 1.82) is 0 Å². The molecule has 1 aliphatic heterocycles. The van der Waals surface area contributed by atoms with Gasteiger partial charge < -0.3 is 4.90 Å². The summed E-state index contributed by atoms with van der Waals surface area (Å²) in [5, 5.41) is 0. The van der Waals surface area contributed by atoms with Crippen LogP contribution < -0.4 is 4.90 Å². The van der Waals surface area contributed by atoms with Crippen molar-refractivity contribution < 1.29 is 0 Å². The minimum absolute atomic E-state index is 1.02. The van der Waals surface area contributed by atoms with E-state index in [4.69, 9.17) is 0 Å². The summed E-state index contributed by atoms with van der Waals surface area (Å²) in [6.45, 7) is 6.15. The van der Waals surface area contributed by atoms with Gasteiger partial charge in [0.2, 0.25) is 0 Å². The lowest BCUT2D eigenvalue weighted by atomic mass is 9.94. The first-order chi connectivity index (χ1) is 8.83. The van der Waals surface area contributed by atoms with E-state index in [9.17, 15) is 0 Å². The van der Waals surface area contributed by atoms with Crippen LogP contribution in [0.4, 0.5) is 11.4 Å². The van der Waals surface area contributed by atoms with Gasteiger partial charge in [0.1, 0.15) is 0 Å². The Labute approximate surface area is 108 Å². The van der Waals surface area contributed by atoms with Crippen LogP contribution in [-0.2, 0) is 12.8 Å². The van der Waals surface area contributed by atoms with Crippen molar-refractivity contribution in [3.8, 4) is 0 Å². The van der Waals surface area contributed by atoms with Crippen LogP contribution in [0.3, 0.4) is 0 Å². The molecule has 0 unspecified atom stereocenters. The number of hydrogen-bond acceptors (Lipinski definition) is 1. The summed E-state index contributed by atoms with van der Waals surface area (Å²) in [5.74, 6) is 0. The first-order valence-corrected chi connectivity index (χ1v) is 6.45. The van der Waals surface area contributed by atoms with E-state index in [-0.39, 0.29) is 0 Å². The molecule has 18 heavy (non-hydrogen) atoms. The number of para-hydroxylation sites is 1. The Balaban J connectivity index is 2.16. The Morgan fingerprint density at radius 3 is 2.67 bits per heavy atom. The van der Waals surface area contributed by atoms with E-state index in [0.29, 0.717) is 0 Å². The van der Waals surface area contributed by atoms with Crippen molar-refractivity contribution >= 4 is 11.4 Å². The summed E-state index contributed by atoms with van der Waals surface area (Å²) < 4.78 is 0. The van der Waals surface area contributed by atoms with E-state index < -0.39 is 0 Å². The van der Waals surface area contributed by atoms with Crippen molar-refractivity contribution in [3.05, 3.63) is 71.9 Å². The highest BCUT2D eigenvalue weighted by molar-refractivity contribution is 5.76. The number of fused-ring (bicyclic) bond motifs is 2. The van der Waals surface area contributed by atoms with Gasteiger partial charge in [-0.25, -0.2) is 0 Å². The summed E-state index contributed by atoms with van der Waals surface area (Å²) in [5.41, 5.74) is 6.69. The van der Waals surface area contributed by atoms with Gasteiger partial charge in [0.25, 0.3) is 0 Å². The maximum absolute atomic E-state index is 3.95. The van der Waals surface area contributed by atoms with E-state index in [0.717, 1.165) is 12.8 Å². The van der Waals surface area contributed by atoms with Crippen LogP contribution in [0.2, 0.25) is 0 Å². The molecule has 0 spiro atoms. The molecule has 0 bridgehead atoms. The van der Waals surface area contributed by atoms with Crippen molar-refractivity contribution in [1.82, 2.24) is 0 Å². The number of hydrogen-bond donors (Lipinski definition) is 0. The molecular formula is C17H17N. The van der Waals surface area contributed by atoms with Crippen LogP contribution >= 0.6 is 0 Å². The van der Waals surface area contributed by atoms with E-state index in [1.165, 1.54) is 28.1 Å². The second-order valence-electron chi connectivity index (χ2n) is 4.67. The van der Waals surface area contributed by atoms with Gasteiger partial charge in [-0.3, -0.25) is 0 Å². The normalized spacial score (nSPS) is 12.8. The highest BCUT2D eigenvalue weighted by Gasteiger charge is 2.20. The topological polar surface area (TPSA) is 3.24 Å². The fourth-order valence-electron chi connectivity index (χ4n) is 2.66. The number of nitrogens with zero attached hydrogens (tertiary/aromatic N) is 1. The molecule has 3 rings (SSSR count). The lowest BCUT2D eigenvalue weighted by Crippen LogP contribution is -2.17. The fourth-order valence-corrected chi connectivity index (χ4v) is 2.66. The van der Waals surface area contributed by atoms with Crippen LogP contribution in [0.15, 0.2) is 55.2 Å². The fraction of sp³-hybridized carbons (Fsp3) is 0.176. The van der Waals surface area contributed by atoms with E-state index in [1.54, 1.807) is 0 Å². The van der Waals surface area contributed by atoms with Crippen molar-refractivity contribution in [3.63, 3.8) is 0 Å². The summed E-state index contributed by atoms with van der Waals surface area (Å²) in [6.07, 6.45) is 4.01. The molecule has 1 heterocycles. The molecule has 2 aromatic carbocycles. The molecule has 1 aliphatic rings. The van der Waals surface area contributed by atoms with Crippen LogP contribution in [0, 0.1) is 0 Å². The standard InChI is InChI=1S/C17H17N/c1-3-13-9-10-17-15(11-13)12-14-7-5-6-8-16(14)18(17)4-2/h4-11H,2-3,12H2,1H3. The molecule has 0 atom stereocenters. The third-order valence-corrected chi connectivity index (χ3v) is 3.63. The third kappa shape index (κ3) is 1.63. The molecule has 1 heteroatoms. The molecule has 0 saturated heterocycles. The SMILES string of the molecule is C=CN1c2ccccc2Cc2cc(CC)ccc21. The highest BCUT2D eigenvalue weighted by Crippen LogP contribution is 2.38. The Morgan fingerprint density at radius 1 is 1.11 bits per heavy atom. The molecule has 2 aromatic rings. The minimum atomic E-state index is 1.02. The molecular weight excluding hydrogens is 218 g/mol. The maximum atomic E-state index is 3.95. The first-order valence-electron chi connectivity index (χ1n) is 6.45. The van der Waals surface area contributed by atoms with Gasteiger partial charge in [-0.1, -0.05) is 43.8 Å². The Kier molecular flexibility index (Phi) is 2.67. The predicted molar refractivity (Wildman–Crippen MR) is 77.4 cm³/mol. The average Bonchev–Trinajstić information content (AvgIpc) is 2.44. The van der Waals surface area contributed by atoms with Gasteiger partial charge in [0, 0.05) is 24.0 Å².